The molecule has 5 heteroatoms. The van der Waals surface area contributed by atoms with Gasteiger partial charge in [0.25, 0.3) is 0 Å². The van der Waals surface area contributed by atoms with E-state index in [0.717, 1.165) is 21.3 Å². The molecule has 3 nitrogen and oxygen atoms in total. The van der Waals surface area contributed by atoms with Crippen molar-refractivity contribution < 1.29 is 0 Å². The number of hydrogen-bond acceptors (Lipinski definition) is 4. The molecule has 1 unspecified atom stereocenters. The Morgan fingerprint density at radius 1 is 1.50 bits per heavy atom. The number of nitrogens with zero attached hydrogens (tertiary/aromatic N) is 2. The van der Waals surface area contributed by atoms with Gasteiger partial charge in [0.05, 0.1) is 4.90 Å². The van der Waals surface area contributed by atoms with E-state index >= 15 is 0 Å². The lowest BCUT2D eigenvalue weighted by Gasteiger charge is -2.34. The van der Waals surface area contributed by atoms with E-state index in [-0.39, 0.29) is 0 Å². The Kier molecular flexibility index (Phi) is 5.88. The van der Waals surface area contributed by atoms with Gasteiger partial charge in [0, 0.05) is 30.2 Å². The molecule has 0 aromatic carbocycles. The highest BCUT2D eigenvalue weighted by Crippen LogP contribution is 2.28. The van der Waals surface area contributed by atoms with Gasteiger partial charge in [-0.05, 0) is 33.3 Å². The number of thioether (sulfide) groups is 1. The topological polar surface area (TPSA) is 42.2 Å². The molecule has 0 fully saturated rings. The lowest BCUT2D eigenvalue weighted by Crippen LogP contribution is -2.40. The summed E-state index contributed by atoms with van der Waals surface area (Å²) in [5.41, 5.74) is 6.64. The molecule has 1 aromatic heterocycles. The van der Waals surface area contributed by atoms with Crippen molar-refractivity contribution >= 4 is 34.0 Å². The summed E-state index contributed by atoms with van der Waals surface area (Å²) in [5.74, 6) is 0. The summed E-state index contributed by atoms with van der Waals surface area (Å²) < 4.78 is 0.860. The van der Waals surface area contributed by atoms with Crippen LogP contribution in [-0.2, 0) is 0 Å². The number of pyridine rings is 1. The van der Waals surface area contributed by atoms with Gasteiger partial charge in [-0.3, -0.25) is 4.98 Å². The average molecular weight is 283 g/mol. The molecule has 2 N–H and O–H groups in total. The molecule has 0 bridgehead atoms. The highest BCUT2D eigenvalue weighted by atomic mass is 32.2. The van der Waals surface area contributed by atoms with Crippen LogP contribution in [0.15, 0.2) is 23.4 Å². The zero-order chi connectivity index (χ0) is 13.7. The summed E-state index contributed by atoms with van der Waals surface area (Å²) in [6.45, 7) is 8.68. The highest BCUT2D eigenvalue weighted by Gasteiger charge is 2.20. The zero-order valence-electron chi connectivity index (χ0n) is 11.4. The van der Waals surface area contributed by atoms with Crippen molar-refractivity contribution in [1.82, 2.24) is 9.88 Å². The predicted molar refractivity (Wildman–Crippen MR) is 83.8 cm³/mol. The van der Waals surface area contributed by atoms with Gasteiger partial charge in [0.1, 0.15) is 4.32 Å². The first kappa shape index (κ1) is 15.2. The minimum absolute atomic E-state index is 0.387. The smallest absolute Gasteiger partial charge is 0.141 e. The molecule has 0 amide bonds. The normalized spacial score (nSPS) is 12.5. The largest absolute Gasteiger partial charge is 0.398 e. The van der Waals surface area contributed by atoms with Crippen LogP contribution in [0.2, 0.25) is 0 Å². The van der Waals surface area contributed by atoms with Crippen LogP contribution in [-0.4, -0.2) is 26.3 Å². The van der Waals surface area contributed by atoms with E-state index in [2.05, 4.69) is 37.6 Å². The van der Waals surface area contributed by atoms with Gasteiger partial charge in [-0.25, -0.2) is 0 Å². The van der Waals surface area contributed by atoms with E-state index < -0.39 is 0 Å². The fourth-order valence-electron chi connectivity index (χ4n) is 1.72. The van der Waals surface area contributed by atoms with E-state index in [1.54, 1.807) is 18.5 Å². The lowest BCUT2D eigenvalue weighted by atomic mass is 10.2. The first-order valence-electron chi connectivity index (χ1n) is 6.17. The zero-order valence-corrected chi connectivity index (χ0v) is 13.0. The van der Waals surface area contributed by atoms with Crippen molar-refractivity contribution in [3.05, 3.63) is 18.5 Å². The molecule has 0 aliphatic heterocycles. The third-order valence-corrected chi connectivity index (χ3v) is 4.25. The SMILES string of the molecule is CCC(C)N(C(=S)Sc1cnccc1N)C(C)C. The molecule has 0 aliphatic carbocycles. The van der Waals surface area contributed by atoms with Crippen LogP contribution in [0, 0.1) is 0 Å². The van der Waals surface area contributed by atoms with Gasteiger partial charge >= 0.3 is 0 Å². The van der Waals surface area contributed by atoms with E-state index in [4.69, 9.17) is 18.0 Å². The highest BCUT2D eigenvalue weighted by molar-refractivity contribution is 8.23. The van der Waals surface area contributed by atoms with E-state index in [0.29, 0.717) is 12.1 Å². The quantitative estimate of drug-likeness (QED) is 0.676. The molecule has 0 saturated heterocycles. The first-order valence-corrected chi connectivity index (χ1v) is 7.39. The molecule has 18 heavy (non-hydrogen) atoms. The van der Waals surface area contributed by atoms with Crippen molar-refractivity contribution in [2.75, 3.05) is 5.73 Å². The first-order chi connectivity index (χ1) is 8.47. The van der Waals surface area contributed by atoms with Crippen molar-refractivity contribution in [3.63, 3.8) is 0 Å². The molecular formula is C13H21N3S2. The molecule has 1 aromatic rings. The van der Waals surface area contributed by atoms with E-state index in [1.165, 1.54) is 11.8 Å². The van der Waals surface area contributed by atoms with Crippen LogP contribution in [0.1, 0.15) is 34.1 Å². The minimum atomic E-state index is 0.387. The van der Waals surface area contributed by atoms with Crippen molar-refractivity contribution in [2.45, 2.75) is 51.1 Å². The Hall–Kier alpha value is -0.810. The lowest BCUT2D eigenvalue weighted by molar-refractivity contribution is 0.280. The van der Waals surface area contributed by atoms with Gasteiger partial charge < -0.3 is 10.6 Å². The minimum Gasteiger partial charge on any atom is -0.398 e. The second-order valence-electron chi connectivity index (χ2n) is 4.54. The van der Waals surface area contributed by atoms with Crippen molar-refractivity contribution in [2.24, 2.45) is 0 Å². The van der Waals surface area contributed by atoms with Crippen molar-refractivity contribution in [1.29, 1.82) is 0 Å². The van der Waals surface area contributed by atoms with Crippen LogP contribution < -0.4 is 5.73 Å². The van der Waals surface area contributed by atoms with E-state index in [1.807, 2.05) is 0 Å². The molecule has 0 radical (unpaired) electrons. The molecule has 1 rings (SSSR count). The molecule has 0 spiro atoms. The maximum atomic E-state index is 5.91. The number of aromatic nitrogens is 1. The third kappa shape index (κ3) is 3.85. The van der Waals surface area contributed by atoms with Crippen LogP contribution in [0.5, 0.6) is 0 Å². The van der Waals surface area contributed by atoms with Crippen LogP contribution in [0.25, 0.3) is 0 Å². The van der Waals surface area contributed by atoms with Gasteiger partial charge in [0.15, 0.2) is 0 Å². The van der Waals surface area contributed by atoms with Gasteiger partial charge in [-0.1, -0.05) is 30.9 Å². The van der Waals surface area contributed by atoms with Crippen LogP contribution in [0.4, 0.5) is 5.69 Å². The van der Waals surface area contributed by atoms with E-state index in [9.17, 15) is 0 Å². The summed E-state index contributed by atoms with van der Waals surface area (Å²) in [7, 11) is 0. The Morgan fingerprint density at radius 2 is 2.17 bits per heavy atom. The number of nitrogens with two attached hydrogens (primary N) is 1. The molecular weight excluding hydrogens is 262 g/mol. The average Bonchev–Trinajstić information content (AvgIpc) is 2.31. The van der Waals surface area contributed by atoms with Gasteiger partial charge in [0.2, 0.25) is 0 Å². The monoisotopic (exact) mass is 283 g/mol. The standard InChI is InChI=1S/C13H21N3S2/c1-5-10(4)16(9(2)3)13(17)18-12-8-15-7-6-11(12)14/h6-10H,5H2,1-4H3,(H2,14,15). The number of thiocarbonyl (C=S) groups is 1. The molecule has 0 aliphatic rings. The summed E-state index contributed by atoms with van der Waals surface area (Å²) in [6, 6.07) is 2.62. The number of nitrogen functional groups attached to an aromatic ring is 1. The second-order valence-corrected chi connectivity index (χ2v) is 6.22. The number of anilines is 1. The third-order valence-electron chi connectivity index (χ3n) is 2.85. The summed E-state index contributed by atoms with van der Waals surface area (Å²) in [6.07, 6.45) is 4.53. The van der Waals surface area contributed by atoms with Crippen LogP contribution in [0.3, 0.4) is 0 Å². The molecule has 1 atom stereocenters. The van der Waals surface area contributed by atoms with Gasteiger partial charge in [-0.2, -0.15) is 0 Å². The molecule has 1 heterocycles. The number of hydrogen-bond donors (Lipinski definition) is 1. The Morgan fingerprint density at radius 3 is 2.67 bits per heavy atom. The van der Waals surface area contributed by atoms with Crippen molar-refractivity contribution in [3.8, 4) is 0 Å². The fourth-order valence-corrected chi connectivity index (χ4v) is 3.36. The molecule has 0 saturated carbocycles. The Balaban J connectivity index is 2.83. The Bertz CT molecular complexity index is 407. The summed E-state index contributed by atoms with van der Waals surface area (Å²) >= 11 is 7.06. The molecule has 100 valence electrons. The van der Waals surface area contributed by atoms with Gasteiger partial charge in [-0.15, -0.1) is 0 Å². The fraction of sp³-hybridized carbons (Fsp3) is 0.538. The Labute approximate surface area is 119 Å². The summed E-state index contributed by atoms with van der Waals surface area (Å²) in [5, 5.41) is 0. The second kappa shape index (κ2) is 6.95. The summed E-state index contributed by atoms with van der Waals surface area (Å²) in [4.78, 5) is 7.27. The predicted octanol–water partition coefficient (Wildman–Crippen LogP) is 3.55. The maximum Gasteiger partial charge on any atom is 0.141 e. The van der Waals surface area contributed by atoms with Crippen LogP contribution >= 0.6 is 24.0 Å². The maximum absolute atomic E-state index is 5.91. The number of rotatable bonds is 4.